The molecule has 1 saturated heterocycles. The number of halogens is 6. The highest BCUT2D eigenvalue weighted by atomic mass is 19.4. The van der Waals surface area contributed by atoms with Crippen LogP contribution in [0.25, 0.3) is 11.0 Å². The summed E-state index contributed by atoms with van der Waals surface area (Å²) in [6, 6.07) is 9.02. The average molecular weight is 732 g/mol. The molecule has 2 aliphatic heterocycles. The van der Waals surface area contributed by atoms with Crippen molar-refractivity contribution in [1.29, 1.82) is 0 Å². The number of ether oxygens (including phenoxy) is 1. The number of pyridine rings is 2. The SMILES string of the molecule is CC[C@H]1CN(C(=O)Cc2ccc(CN3CCN(CC(F)(F)F)CC3)c(C(F)(F)F)c2)Cc2cc(Oc3ccnc4[nH]c(C(=O)N(C)C)cc34)cnc21. The van der Waals surface area contributed by atoms with E-state index < -0.39 is 24.5 Å². The van der Waals surface area contributed by atoms with Gasteiger partial charge in [0, 0.05) is 72.0 Å². The molecule has 0 radical (unpaired) electrons. The number of amides is 2. The number of aromatic nitrogens is 3. The molecule has 0 aliphatic carbocycles. The van der Waals surface area contributed by atoms with E-state index in [0.29, 0.717) is 41.2 Å². The number of carbonyl (C=O) groups excluding carboxylic acids is 2. The highest BCUT2D eigenvalue weighted by Gasteiger charge is 2.36. The van der Waals surface area contributed by atoms with Gasteiger partial charge in [-0.05, 0) is 47.4 Å². The van der Waals surface area contributed by atoms with Crippen molar-refractivity contribution in [2.45, 2.75) is 51.1 Å². The lowest BCUT2D eigenvalue weighted by Crippen LogP contribution is -2.48. The van der Waals surface area contributed by atoms with Crippen LogP contribution < -0.4 is 4.74 Å². The molecule has 0 unspecified atom stereocenters. The number of nitrogens with zero attached hydrogens (tertiary/aromatic N) is 6. The molecule has 1 aromatic carbocycles. The molecule has 3 aromatic heterocycles. The summed E-state index contributed by atoms with van der Waals surface area (Å²) < 4.78 is 87.2. The molecular formula is C36H39F6N7O3. The Labute approximate surface area is 296 Å². The molecule has 1 N–H and O–H groups in total. The standard InChI is InChI=1S/C36H39F6N7O3/c1-4-23-19-49(20-25-15-26(17-44-32(23)25)52-30-7-8-43-33-27(30)16-29(45-33)34(51)46(2)3)31(50)14-22-5-6-24(28(13-22)36(40,41)42)18-47-9-11-48(12-10-47)21-35(37,38)39/h5-8,13,15-17,23H,4,9-12,14,18-21H2,1-3H3,(H,43,45)/t23-/m0/s1. The second-order valence-electron chi connectivity index (χ2n) is 13.5. The van der Waals surface area contributed by atoms with Crippen LogP contribution in [0.2, 0.25) is 0 Å². The summed E-state index contributed by atoms with van der Waals surface area (Å²) in [6.07, 6.45) is -5.43. The maximum absolute atomic E-state index is 14.2. The van der Waals surface area contributed by atoms with Crippen molar-refractivity contribution >= 4 is 22.8 Å². The van der Waals surface area contributed by atoms with E-state index >= 15 is 0 Å². The number of H-pyrrole nitrogens is 1. The molecule has 0 bridgehead atoms. The number of rotatable bonds is 9. The molecule has 5 heterocycles. The van der Waals surface area contributed by atoms with Crippen molar-refractivity contribution in [3.05, 3.63) is 82.4 Å². The first kappa shape index (κ1) is 37.1. The Kier molecular flexibility index (Phi) is 10.5. The number of piperazine rings is 1. The molecule has 10 nitrogen and oxygen atoms in total. The normalized spacial score (nSPS) is 17.3. The lowest BCUT2D eigenvalue weighted by Gasteiger charge is -2.35. The third-order valence-corrected chi connectivity index (χ3v) is 9.46. The van der Waals surface area contributed by atoms with Gasteiger partial charge < -0.3 is 19.5 Å². The van der Waals surface area contributed by atoms with Gasteiger partial charge in [0.15, 0.2) is 0 Å². The minimum atomic E-state index is -4.68. The third kappa shape index (κ3) is 8.49. The zero-order valence-electron chi connectivity index (χ0n) is 28.9. The van der Waals surface area contributed by atoms with Crippen LogP contribution in [0.1, 0.15) is 57.7 Å². The van der Waals surface area contributed by atoms with Gasteiger partial charge in [-0.15, -0.1) is 0 Å². The zero-order chi connectivity index (χ0) is 37.4. The van der Waals surface area contributed by atoms with Gasteiger partial charge in [-0.25, -0.2) is 4.98 Å². The van der Waals surface area contributed by atoms with Crippen molar-refractivity contribution in [1.82, 2.24) is 34.6 Å². The molecule has 0 spiro atoms. The number of aromatic amines is 1. The van der Waals surface area contributed by atoms with Crippen molar-refractivity contribution in [3.8, 4) is 11.5 Å². The topological polar surface area (TPSA) is 97.9 Å². The summed E-state index contributed by atoms with van der Waals surface area (Å²) in [5.41, 5.74) is 1.77. The molecule has 52 heavy (non-hydrogen) atoms. The Morgan fingerprint density at radius 1 is 0.981 bits per heavy atom. The average Bonchev–Trinajstić information content (AvgIpc) is 3.53. The minimum Gasteiger partial charge on any atom is -0.455 e. The molecule has 16 heteroatoms. The molecule has 6 rings (SSSR count). The van der Waals surface area contributed by atoms with Crippen LogP contribution in [-0.2, 0) is 30.5 Å². The largest absolute Gasteiger partial charge is 0.455 e. The number of hydrogen-bond acceptors (Lipinski definition) is 7. The monoisotopic (exact) mass is 731 g/mol. The smallest absolute Gasteiger partial charge is 0.416 e. The number of hydrogen-bond donors (Lipinski definition) is 1. The highest BCUT2D eigenvalue weighted by molar-refractivity contribution is 5.98. The van der Waals surface area contributed by atoms with E-state index in [1.807, 2.05) is 6.92 Å². The fourth-order valence-electron chi connectivity index (χ4n) is 6.78. The van der Waals surface area contributed by atoms with Crippen LogP contribution in [-0.4, -0.2) is 106 Å². The van der Waals surface area contributed by atoms with Gasteiger partial charge in [0.05, 0.1) is 35.8 Å². The summed E-state index contributed by atoms with van der Waals surface area (Å²) >= 11 is 0. The van der Waals surface area contributed by atoms with Gasteiger partial charge in [0.2, 0.25) is 5.91 Å². The predicted molar refractivity (Wildman–Crippen MR) is 180 cm³/mol. The van der Waals surface area contributed by atoms with Crippen LogP contribution in [0.4, 0.5) is 26.3 Å². The maximum atomic E-state index is 14.2. The predicted octanol–water partition coefficient (Wildman–Crippen LogP) is 6.23. The third-order valence-electron chi connectivity index (χ3n) is 9.46. The highest BCUT2D eigenvalue weighted by Crippen LogP contribution is 2.36. The van der Waals surface area contributed by atoms with Crippen LogP contribution >= 0.6 is 0 Å². The van der Waals surface area contributed by atoms with E-state index in [2.05, 4.69) is 15.0 Å². The second-order valence-corrected chi connectivity index (χ2v) is 13.5. The summed E-state index contributed by atoms with van der Waals surface area (Å²) in [5.74, 6) is 0.204. The van der Waals surface area contributed by atoms with Gasteiger partial charge in [0.25, 0.3) is 5.91 Å². The van der Waals surface area contributed by atoms with E-state index in [1.54, 1.807) is 54.5 Å². The first-order valence-corrected chi connectivity index (χ1v) is 16.9. The van der Waals surface area contributed by atoms with Crippen molar-refractivity contribution in [2.75, 3.05) is 53.4 Å². The number of benzene rings is 1. The minimum absolute atomic E-state index is 0.0103. The van der Waals surface area contributed by atoms with E-state index in [4.69, 9.17) is 4.74 Å². The molecule has 0 saturated carbocycles. The van der Waals surface area contributed by atoms with Gasteiger partial charge in [-0.2, -0.15) is 26.3 Å². The quantitative estimate of drug-likeness (QED) is 0.204. The fourth-order valence-corrected chi connectivity index (χ4v) is 6.78. The van der Waals surface area contributed by atoms with E-state index in [9.17, 15) is 35.9 Å². The number of carbonyl (C=O) groups is 2. The fraction of sp³-hybridized carbons (Fsp3) is 0.444. The first-order chi connectivity index (χ1) is 24.6. The maximum Gasteiger partial charge on any atom is 0.416 e. The lowest BCUT2D eigenvalue weighted by molar-refractivity contribution is -0.149. The van der Waals surface area contributed by atoms with Crippen LogP contribution in [0.5, 0.6) is 11.5 Å². The van der Waals surface area contributed by atoms with Gasteiger partial charge in [0.1, 0.15) is 22.8 Å². The lowest BCUT2D eigenvalue weighted by atomic mass is 9.92. The molecular weight excluding hydrogens is 692 g/mol. The number of fused-ring (bicyclic) bond motifs is 2. The Bertz CT molecular complexity index is 1940. The molecule has 2 amide bonds. The van der Waals surface area contributed by atoms with Crippen molar-refractivity contribution < 1.29 is 40.7 Å². The van der Waals surface area contributed by atoms with Crippen LogP contribution in [0, 0.1) is 0 Å². The van der Waals surface area contributed by atoms with E-state index in [0.717, 1.165) is 17.3 Å². The summed E-state index contributed by atoms with van der Waals surface area (Å²) in [5, 5.41) is 0.599. The van der Waals surface area contributed by atoms with Gasteiger partial charge in [-0.3, -0.25) is 24.4 Å². The van der Waals surface area contributed by atoms with E-state index in [-0.39, 0.29) is 74.5 Å². The van der Waals surface area contributed by atoms with Crippen molar-refractivity contribution in [3.63, 3.8) is 0 Å². The van der Waals surface area contributed by atoms with Gasteiger partial charge in [-0.1, -0.05) is 19.1 Å². The van der Waals surface area contributed by atoms with Crippen LogP contribution in [0.3, 0.4) is 0 Å². The Hall–Kier alpha value is -4.70. The summed E-state index contributed by atoms with van der Waals surface area (Å²) in [6.45, 7) is 2.05. The van der Waals surface area contributed by atoms with Crippen molar-refractivity contribution in [2.24, 2.45) is 0 Å². The van der Waals surface area contributed by atoms with Crippen LogP contribution in [0.15, 0.2) is 48.8 Å². The molecule has 278 valence electrons. The Morgan fingerprint density at radius 2 is 1.71 bits per heavy atom. The molecule has 1 atom stereocenters. The molecule has 2 aliphatic rings. The Morgan fingerprint density at radius 3 is 2.38 bits per heavy atom. The summed E-state index contributed by atoms with van der Waals surface area (Å²) in [4.78, 5) is 44.1. The number of alkyl halides is 6. The first-order valence-electron chi connectivity index (χ1n) is 16.9. The second kappa shape index (κ2) is 14.7. The van der Waals surface area contributed by atoms with Gasteiger partial charge >= 0.3 is 12.4 Å². The molecule has 1 fully saturated rings. The van der Waals surface area contributed by atoms with E-state index in [1.165, 1.54) is 21.9 Å². The zero-order valence-corrected chi connectivity index (χ0v) is 28.9. The summed E-state index contributed by atoms with van der Waals surface area (Å²) in [7, 11) is 3.29. The number of nitrogens with one attached hydrogen (secondary N) is 1. The Balaban J connectivity index is 1.15. The molecule has 4 aromatic rings.